The van der Waals surface area contributed by atoms with Crippen molar-refractivity contribution < 1.29 is 13.2 Å². The molecule has 7 heteroatoms. The summed E-state index contributed by atoms with van der Waals surface area (Å²) in [4.78, 5) is 12.4. The van der Waals surface area contributed by atoms with Gasteiger partial charge in [0.1, 0.15) is 0 Å². The number of sulfonamides is 1. The van der Waals surface area contributed by atoms with Gasteiger partial charge in [0.15, 0.2) is 0 Å². The normalized spacial score (nSPS) is 14.8. The number of hydrogen-bond acceptors (Lipinski definition) is 4. The monoisotopic (exact) mass is 355 g/mol. The third kappa shape index (κ3) is 3.71. The van der Waals surface area contributed by atoms with Crippen molar-refractivity contribution in [2.75, 3.05) is 18.4 Å². The largest absolute Gasteiger partial charge is 0.322 e. The Kier molecular flexibility index (Phi) is 4.83. The van der Waals surface area contributed by atoms with Gasteiger partial charge in [0.05, 0.1) is 16.5 Å². The molecule has 0 aliphatic carbocycles. The first-order chi connectivity index (χ1) is 12.0. The average molecular weight is 355 g/mol. The summed E-state index contributed by atoms with van der Waals surface area (Å²) in [5, 5.41) is 11.5. The summed E-state index contributed by atoms with van der Waals surface area (Å²) >= 11 is 0. The highest BCUT2D eigenvalue weighted by atomic mass is 32.2. The van der Waals surface area contributed by atoms with Gasteiger partial charge >= 0.3 is 0 Å². The molecule has 1 saturated heterocycles. The highest BCUT2D eigenvalue weighted by molar-refractivity contribution is 7.89. The van der Waals surface area contributed by atoms with Gasteiger partial charge < -0.3 is 5.32 Å². The molecule has 0 unspecified atom stereocenters. The van der Waals surface area contributed by atoms with Gasteiger partial charge in [0.25, 0.3) is 5.91 Å². The number of rotatable bonds is 4. The van der Waals surface area contributed by atoms with Gasteiger partial charge in [-0.25, -0.2) is 8.42 Å². The van der Waals surface area contributed by atoms with E-state index in [1.54, 1.807) is 24.3 Å². The topological polar surface area (TPSA) is 90.3 Å². The lowest BCUT2D eigenvalue weighted by Gasteiger charge is -2.15. The number of anilines is 1. The van der Waals surface area contributed by atoms with E-state index in [0.29, 0.717) is 29.9 Å². The van der Waals surface area contributed by atoms with Crippen LogP contribution in [0.2, 0.25) is 0 Å². The number of nitrogens with zero attached hydrogens (tertiary/aromatic N) is 2. The lowest BCUT2D eigenvalue weighted by atomic mass is 10.2. The van der Waals surface area contributed by atoms with Gasteiger partial charge in [0.2, 0.25) is 10.0 Å². The molecule has 2 aromatic rings. The van der Waals surface area contributed by atoms with E-state index in [2.05, 4.69) is 5.32 Å². The summed E-state index contributed by atoms with van der Waals surface area (Å²) in [6.07, 6.45) is 1.76. The van der Waals surface area contributed by atoms with Crippen LogP contribution in [0.4, 0.5) is 5.69 Å². The van der Waals surface area contributed by atoms with Crippen LogP contribution in [0, 0.1) is 11.3 Å². The molecule has 1 N–H and O–H groups in total. The number of carbonyl (C=O) groups is 1. The fraction of sp³-hybridized carbons (Fsp3) is 0.222. The Bertz CT molecular complexity index is 908. The zero-order valence-electron chi connectivity index (χ0n) is 13.5. The summed E-state index contributed by atoms with van der Waals surface area (Å²) < 4.78 is 26.4. The molecule has 2 aromatic carbocycles. The van der Waals surface area contributed by atoms with E-state index in [1.165, 1.54) is 28.6 Å². The summed E-state index contributed by atoms with van der Waals surface area (Å²) in [7, 11) is -3.48. The van der Waals surface area contributed by atoms with Gasteiger partial charge in [0, 0.05) is 24.3 Å². The Labute approximate surface area is 146 Å². The van der Waals surface area contributed by atoms with E-state index in [-0.39, 0.29) is 10.8 Å². The Morgan fingerprint density at radius 2 is 1.60 bits per heavy atom. The predicted octanol–water partition coefficient (Wildman–Crippen LogP) is 2.60. The molecule has 1 aliphatic rings. The minimum atomic E-state index is -3.48. The molecule has 1 aliphatic heterocycles. The average Bonchev–Trinajstić information content (AvgIpc) is 3.18. The van der Waals surface area contributed by atoms with Crippen LogP contribution in [0.5, 0.6) is 0 Å². The lowest BCUT2D eigenvalue weighted by molar-refractivity contribution is 0.102. The van der Waals surface area contributed by atoms with Crippen LogP contribution < -0.4 is 5.32 Å². The van der Waals surface area contributed by atoms with Gasteiger partial charge in [-0.05, 0) is 61.4 Å². The molecule has 1 amide bonds. The first-order valence-electron chi connectivity index (χ1n) is 7.92. The molecular weight excluding hydrogens is 338 g/mol. The van der Waals surface area contributed by atoms with Crippen LogP contribution in [-0.4, -0.2) is 31.7 Å². The number of nitrogens with one attached hydrogen (secondary N) is 1. The van der Waals surface area contributed by atoms with Crippen molar-refractivity contribution in [3.63, 3.8) is 0 Å². The summed E-state index contributed by atoms with van der Waals surface area (Å²) in [5.41, 5.74) is 1.44. The lowest BCUT2D eigenvalue weighted by Crippen LogP contribution is -2.27. The third-order valence-electron chi connectivity index (χ3n) is 4.09. The van der Waals surface area contributed by atoms with Crippen molar-refractivity contribution in [3.05, 3.63) is 59.7 Å². The van der Waals surface area contributed by atoms with Gasteiger partial charge in [-0.15, -0.1) is 0 Å². The zero-order valence-corrected chi connectivity index (χ0v) is 14.3. The maximum absolute atomic E-state index is 12.5. The minimum absolute atomic E-state index is 0.198. The minimum Gasteiger partial charge on any atom is -0.322 e. The molecule has 0 radical (unpaired) electrons. The zero-order chi connectivity index (χ0) is 17.9. The number of nitriles is 1. The standard InChI is InChI=1S/C18H17N3O3S/c19-13-14-3-7-16(8-4-14)20-18(22)15-5-9-17(10-6-15)25(23,24)21-11-1-2-12-21/h3-10H,1-2,11-12H2,(H,20,22). The highest BCUT2D eigenvalue weighted by Gasteiger charge is 2.27. The van der Waals surface area contributed by atoms with Crippen LogP contribution in [0.1, 0.15) is 28.8 Å². The first-order valence-corrected chi connectivity index (χ1v) is 9.36. The molecule has 0 spiro atoms. The maximum Gasteiger partial charge on any atom is 0.255 e. The molecule has 0 bridgehead atoms. The fourth-order valence-corrected chi connectivity index (χ4v) is 4.20. The van der Waals surface area contributed by atoms with E-state index in [0.717, 1.165) is 12.8 Å². The second kappa shape index (κ2) is 7.05. The van der Waals surface area contributed by atoms with E-state index in [1.807, 2.05) is 6.07 Å². The molecule has 1 fully saturated rings. The van der Waals surface area contributed by atoms with Crippen molar-refractivity contribution in [1.29, 1.82) is 5.26 Å². The van der Waals surface area contributed by atoms with Gasteiger partial charge in [-0.2, -0.15) is 9.57 Å². The SMILES string of the molecule is N#Cc1ccc(NC(=O)c2ccc(S(=O)(=O)N3CCCC3)cc2)cc1. The number of amides is 1. The van der Waals surface area contributed by atoms with Crippen LogP contribution >= 0.6 is 0 Å². The molecule has 0 atom stereocenters. The van der Waals surface area contributed by atoms with Crippen LogP contribution in [0.25, 0.3) is 0 Å². The van der Waals surface area contributed by atoms with Crippen LogP contribution in [-0.2, 0) is 10.0 Å². The molecule has 1 heterocycles. The Morgan fingerprint density at radius 1 is 1.00 bits per heavy atom. The smallest absolute Gasteiger partial charge is 0.255 e. The molecule has 6 nitrogen and oxygen atoms in total. The second-order valence-corrected chi connectivity index (χ2v) is 7.72. The number of benzene rings is 2. The molecule has 25 heavy (non-hydrogen) atoms. The van der Waals surface area contributed by atoms with E-state index >= 15 is 0 Å². The van der Waals surface area contributed by atoms with Crippen molar-refractivity contribution >= 4 is 21.6 Å². The van der Waals surface area contributed by atoms with Gasteiger partial charge in [-0.3, -0.25) is 4.79 Å². The summed E-state index contributed by atoms with van der Waals surface area (Å²) in [6.45, 7) is 1.09. The van der Waals surface area contributed by atoms with E-state index in [4.69, 9.17) is 5.26 Å². The molecule has 3 rings (SSSR count). The molecule has 128 valence electrons. The second-order valence-electron chi connectivity index (χ2n) is 5.78. The first kappa shape index (κ1) is 17.1. The van der Waals surface area contributed by atoms with E-state index < -0.39 is 10.0 Å². The third-order valence-corrected chi connectivity index (χ3v) is 6.00. The van der Waals surface area contributed by atoms with Crippen molar-refractivity contribution in [3.8, 4) is 6.07 Å². The molecule has 0 saturated carbocycles. The van der Waals surface area contributed by atoms with Gasteiger partial charge in [-0.1, -0.05) is 0 Å². The number of hydrogen-bond donors (Lipinski definition) is 1. The van der Waals surface area contributed by atoms with Crippen molar-refractivity contribution in [2.45, 2.75) is 17.7 Å². The summed E-state index contributed by atoms with van der Waals surface area (Å²) in [5.74, 6) is -0.338. The quantitative estimate of drug-likeness (QED) is 0.913. The fourth-order valence-electron chi connectivity index (χ4n) is 2.69. The summed E-state index contributed by atoms with van der Waals surface area (Å²) in [6, 6.07) is 14.4. The van der Waals surface area contributed by atoms with Crippen LogP contribution in [0.15, 0.2) is 53.4 Å². The predicted molar refractivity (Wildman–Crippen MR) is 93.5 cm³/mol. The van der Waals surface area contributed by atoms with E-state index in [9.17, 15) is 13.2 Å². The highest BCUT2D eigenvalue weighted by Crippen LogP contribution is 2.21. The number of carbonyl (C=O) groups excluding carboxylic acids is 1. The Hall–Kier alpha value is -2.69. The molecular formula is C18H17N3O3S. The van der Waals surface area contributed by atoms with Crippen molar-refractivity contribution in [1.82, 2.24) is 4.31 Å². The Morgan fingerprint density at radius 3 is 2.16 bits per heavy atom. The molecule has 0 aromatic heterocycles. The Balaban J connectivity index is 1.73. The van der Waals surface area contributed by atoms with Crippen LogP contribution in [0.3, 0.4) is 0 Å². The van der Waals surface area contributed by atoms with Crippen molar-refractivity contribution in [2.24, 2.45) is 0 Å². The maximum atomic E-state index is 12.5.